The molecule has 0 N–H and O–H groups in total. The molecule has 2 aliphatic rings. The SMILES string of the molecule is O=C(C1CCN(c2cc(C(F)(F)F)ncn2)C1)N1CCc2ccccc2C1. The summed E-state index contributed by atoms with van der Waals surface area (Å²) in [6.45, 7) is 2.16. The van der Waals surface area contributed by atoms with Crippen molar-refractivity contribution in [3.05, 3.63) is 53.5 Å². The molecule has 3 heterocycles. The van der Waals surface area contributed by atoms with Crippen molar-refractivity contribution in [1.82, 2.24) is 14.9 Å². The molecule has 2 aliphatic heterocycles. The van der Waals surface area contributed by atoms with Crippen molar-refractivity contribution in [1.29, 1.82) is 0 Å². The molecule has 4 rings (SSSR count). The summed E-state index contributed by atoms with van der Waals surface area (Å²) in [6.07, 6.45) is -2.13. The largest absolute Gasteiger partial charge is 0.433 e. The summed E-state index contributed by atoms with van der Waals surface area (Å²) < 4.78 is 38.6. The van der Waals surface area contributed by atoms with Crippen LogP contribution in [-0.2, 0) is 23.9 Å². The fourth-order valence-electron chi connectivity index (χ4n) is 3.79. The molecule has 1 fully saturated rings. The summed E-state index contributed by atoms with van der Waals surface area (Å²) in [5.74, 6) is 0.0632. The van der Waals surface area contributed by atoms with Crippen LogP contribution in [0.15, 0.2) is 36.7 Å². The number of carbonyl (C=O) groups excluding carboxylic acids is 1. The maximum atomic E-state index is 12.9. The third kappa shape index (κ3) is 3.61. The summed E-state index contributed by atoms with van der Waals surface area (Å²) in [5, 5.41) is 0. The van der Waals surface area contributed by atoms with Gasteiger partial charge in [-0.1, -0.05) is 24.3 Å². The summed E-state index contributed by atoms with van der Waals surface area (Å²) in [6, 6.07) is 9.04. The number of benzene rings is 1. The summed E-state index contributed by atoms with van der Waals surface area (Å²) in [7, 11) is 0. The molecule has 1 aromatic carbocycles. The van der Waals surface area contributed by atoms with Crippen LogP contribution in [0.1, 0.15) is 23.2 Å². The average Bonchev–Trinajstić information content (AvgIpc) is 3.17. The van der Waals surface area contributed by atoms with Gasteiger partial charge in [0.05, 0.1) is 5.92 Å². The maximum absolute atomic E-state index is 12.9. The quantitative estimate of drug-likeness (QED) is 0.809. The van der Waals surface area contributed by atoms with Crippen LogP contribution in [0.25, 0.3) is 0 Å². The highest BCUT2D eigenvalue weighted by Crippen LogP contribution is 2.31. The second-order valence-electron chi connectivity index (χ2n) is 6.97. The van der Waals surface area contributed by atoms with Gasteiger partial charge in [-0.3, -0.25) is 4.79 Å². The topological polar surface area (TPSA) is 49.3 Å². The van der Waals surface area contributed by atoms with Crippen LogP contribution < -0.4 is 4.90 Å². The normalized spacial score (nSPS) is 19.9. The van der Waals surface area contributed by atoms with Gasteiger partial charge in [0.15, 0.2) is 0 Å². The first-order valence-corrected chi connectivity index (χ1v) is 8.91. The molecule has 1 unspecified atom stereocenters. The zero-order valence-electron chi connectivity index (χ0n) is 14.6. The minimum atomic E-state index is -4.51. The number of rotatable bonds is 2. The van der Waals surface area contributed by atoms with Gasteiger partial charge in [0.25, 0.3) is 0 Å². The number of amides is 1. The molecule has 1 saturated heterocycles. The van der Waals surface area contributed by atoms with Crippen molar-refractivity contribution >= 4 is 11.7 Å². The first-order valence-electron chi connectivity index (χ1n) is 8.91. The van der Waals surface area contributed by atoms with E-state index in [1.807, 2.05) is 23.1 Å². The van der Waals surface area contributed by atoms with E-state index in [1.54, 1.807) is 4.90 Å². The van der Waals surface area contributed by atoms with E-state index >= 15 is 0 Å². The molecule has 0 spiro atoms. The van der Waals surface area contributed by atoms with E-state index in [-0.39, 0.29) is 17.6 Å². The summed E-state index contributed by atoms with van der Waals surface area (Å²) in [5.41, 5.74) is 1.47. The molecule has 2 aromatic rings. The van der Waals surface area contributed by atoms with Gasteiger partial charge in [0.1, 0.15) is 17.8 Å². The Labute approximate surface area is 154 Å². The molecular weight excluding hydrogens is 357 g/mol. The molecule has 1 amide bonds. The van der Waals surface area contributed by atoms with Crippen molar-refractivity contribution < 1.29 is 18.0 Å². The smallest absolute Gasteiger partial charge is 0.356 e. The molecule has 0 radical (unpaired) electrons. The van der Waals surface area contributed by atoms with Crippen LogP contribution in [0.3, 0.4) is 0 Å². The predicted octanol–water partition coefficient (Wildman–Crippen LogP) is 2.91. The van der Waals surface area contributed by atoms with Crippen molar-refractivity contribution in [2.24, 2.45) is 5.92 Å². The molecule has 1 aromatic heterocycles. The van der Waals surface area contributed by atoms with E-state index in [0.717, 1.165) is 24.4 Å². The van der Waals surface area contributed by atoms with Crippen molar-refractivity contribution in [3.63, 3.8) is 0 Å². The average molecular weight is 376 g/mol. The maximum Gasteiger partial charge on any atom is 0.433 e. The molecule has 8 heteroatoms. The Hall–Kier alpha value is -2.64. The lowest BCUT2D eigenvalue weighted by Gasteiger charge is -2.31. The Kier molecular flexibility index (Phi) is 4.49. The molecular formula is C19H19F3N4O. The standard InChI is InChI=1S/C19H19F3N4O/c20-19(21,22)16-9-17(24-12-23-16)25-7-6-15(11-25)18(27)26-8-5-13-3-1-2-4-14(13)10-26/h1-4,9,12,15H,5-8,10-11H2. The van der Waals surface area contributed by atoms with E-state index < -0.39 is 11.9 Å². The van der Waals surface area contributed by atoms with Gasteiger partial charge in [-0.2, -0.15) is 13.2 Å². The second kappa shape index (κ2) is 6.83. The minimum absolute atomic E-state index is 0.0668. The van der Waals surface area contributed by atoms with Crippen molar-refractivity contribution in [2.75, 3.05) is 24.5 Å². The van der Waals surface area contributed by atoms with Gasteiger partial charge >= 0.3 is 6.18 Å². The molecule has 0 saturated carbocycles. The highest BCUT2D eigenvalue weighted by molar-refractivity contribution is 5.80. The third-order valence-corrected chi connectivity index (χ3v) is 5.25. The van der Waals surface area contributed by atoms with E-state index in [9.17, 15) is 18.0 Å². The molecule has 142 valence electrons. The number of hydrogen-bond acceptors (Lipinski definition) is 4. The number of nitrogens with zero attached hydrogens (tertiary/aromatic N) is 4. The third-order valence-electron chi connectivity index (χ3n) is 5.25. The van der Waals surface area contributed by atoms with Crippen LogP contribution in [-0.4, -0.2) is 40.4 Å². The van der Waals surface area contributed by atoms with Crippen LogP contribution in [0, 0.1) is 5.92 Å². The van der Waals surface area contributed by atoms with Crippen molar-refractivity contribution in [3.8, 4) is 0 Å². The molecule has 1 atom stereocenters. The second-order valence-corrected chi connectivity index (χ2v) is 6.97. The molecule has 0 aliphatic carbocycles. The lowest BCUT2D eigenvalue weighted by molar-refractivity contribution is -0.141. The predicted molar refractivity (Wildman–Crippen MR) is 92.9 cm³/mol. The first kappa shape index (κ1) is 17.8. The Bertz CT molecular complexity index is 855. The van der Waals surface area contributed by atoms with E-state index in [2.05, 4.69) is 16.0 Å². The monoisotopic (exact) mass is 376 g/mol. The lowest BCUT2D eigenvalue weighted by Crippen LogP contribution is -2.40. The Balaban J connectivity index is 1.43. The highest BCUT2D eigenvalue weighted by atomic mass is 19.4. The number of hydrogen-bond donors (Lipinski definition) is 0. The number of aromatic nitrogens is 2. The van der Waals surface area contributed by atoms with Gasteiger partial charge in [0, 0.05) is 32.2 Å². The fourth-order valence-corrected chi connectivity index (χ4v) is 3.79. The fraction of sp³-hybridized carbons (Fsp3) is 0.421. The van der Waals surface area contributed by atoms with Gasteiger partial charge < -0.3 is 9.80 Å². The van der Waals surface area contributed by atoms with Gasteiger partial charge in [-0.05, 0) is 24.0 Å². The van der Waals surface area contributed by atoms with Gasteiger partial charge in [-0.15, -0.1) is 0 Å². The van der Waals surface area contributed by atoms with Crippen LogP contribution >= 0.6 is 0 Å². The summed E-state index contributed by atoms with van der Waals surface area (Å²) in [4.78, 5) is 23.7. The first-order chi connectivity index (χ1) is 12.9. The molecule has 27 heavy (non-hydrogen) atoms. The summed E-state index contributed by atoms with van der Waals surface area (Å²) >= 11 is 0. The van der Waals surface area contributed by atoms with Gasteiger partial charge in [-0.25, -0.2) is 9.97 Å². The number of alkyl halides is 3. The zero-order chi connectivity index (χ0) is 19.0. The Morgan fingerprint density at radius 1 is 1.11 bits per heavy atom. The number of anilines is 1. The number of carbonyl (C=O) groups is 1. The van der Waals surface area contributed by atoms with E-state index in [1.165, 1.54) is 5.56 Å². The molecule has 5 nitrogen and oxygen atoms in total. The zero-order valence-corrected chi connectivity index (χ0v) is 14.6. The molecule has 0 bridgehead atoms. The van der Waals surface area contributed by atoms with Gasteiger partial charge in [0.2, 0.25) is 5.91 Å². The van der Waals surface area contributed by atoms with E-state index in [4.69, 9.17) is 0 Å². The van der Waals surface area contributed by atoms with E-state index in [0.29, 0.717) is 32.6 Å². The van der Waals surface area contributed by atoms with Crippen LogP contribution in [0.2, 0.25) is 0 Å². The van der Waals surface area contributed by atoms with Crippen molar-refractivity contribution in [2.45, 2.75) is 25.6 Å². The minimum Gasteiger partial charge on any atom is -0.356 e. The van der Waals surface area contributed by atoms with Crippen LogP contribution in [0.5, 0.6) is 0 Å². The Morgan fingerprint density at radius 3 is 2.67 bits per heavy atom. The Morgan fingerprint density at radius 2 is 1.89 bits per heavy atom. The highest BCUT2D eigenvalue weighted by Gasteiger charge is 2.36. The van der Waals surface area contributed by atoms with Crippen LogP contribution in [0.4, 0.5) is 19.0 Å². The number of halogens is 3. The number of fused-ring (bicyclic) bond motifs is 1. The lowest BCUT2D eigenvalue weighted by atomic mass is 9.98.